The monoisotopic (exact) mass is 408 g/mol. The molecule has 30 heavy (non-hydrogen) atoms. The Labute approximate surface area is 175 Å². The molecule has 0 saturated heterocycles. The highest BCUT2D eigenvalue weighted by atomic mass is 16.3. The largest absolute Gasteiger partial charge is 0.508 e. The molecule has 6 heteroatoms. The van der Waals surface area contributed by atoms with E-state index < -0.39 is 11.3 Å². The lowest BCUT2D eigenvalue weighted by Gasteiger charge is -2.29. The molecule has 0 aliphatic heterocycles. The molecule has 158 valence electrons. The number of aliphatic hydroxyl groups excluding tert-OH is 1. The molecule has 1 aromatic heterocycles. The van der Waals surface area contributed by atoms with Gasteiger partial charge >= 0.3 is 0 Å². The summed E-state index contributed by atoms with van der Waals surface area (Å²) in [6.07, 6.45) is 1.40. The SMILES string of the molecule is CC(C)(C)c1cc(C(C)(C)CO)c(O)cc1NC(=O)c1c[nH]c2ccccc2c1=O. The lowest BCUT2D eigenvalue weighted by atomic mass is 9.78. The van der Waals surface area contributed by atoms with Crippen LogP contribution in [0.3, 0.4) is 0 Å². The van der Waals surface area contributed by atoms with Crippen LogP contribution in [0.4, 0.5) is 5.69 Å². The Bertz CT molecular complexity index is 1170. The van der Waals surface area contributed by atoms with E-state index in [1.54, 1.807) is 18.2 Å². The summed E-state index contributed by atoms with van der Waals surface area (Å²) in [4.78, 5) is 28.7. The first kappa shape index (κ1) is 21.6. The molecule has 0 atom stereocenters. The number of phenols is 1. The third kappa shape index (κ3) is 3.96. The molecule has 0 aliphatic carbocycles. The second kappa shape index (κ2) is 7.61. The normalized spacial score (nSPS) is 12.2. The van der Waals surface area contributed by atoms with E-state index in [-0.39, 0.29) is 28.8 Å². The van der Waals surface area contributed by atoms with Crippen LogP contribution in [0.25, 0.3) is 10.9 Å². The number of rotatable bonds is 4. The Morgan fingerprint density at radius 2 is 1.73 bits per heavy atom. The fourth-order valence-corrected chi connectivity index (χ4v) is 3.47. The Hall–Kier alpha value is -3.12. The van der Waals surface area contributed by atoms with E-state index in [9.17, 15) is 19.8 Å². The molecule has 2 aromatic carbocycles. The van der Waals surface area contributed by atoms with Gasteiger partial charge in [-0.05, 0) is 29.2 Å². The number of aromatic hydroxyl groups is 1. The topological polar surface area (TPSA) is 102 Å². The molecule has 1 heterocycles. The summed E-state index contributed by atoms with van der Waals surface area (Å²) in [5.74, 6) is -0.578. The zero-order valence-corrected chi connectivity index (χ0v) is 18.0. The van der Waals surface area contributed by atoms with Crippen LogP contribution < -0.4 is 10.7 Å². The number of amides is 1. The number of carbonyl (C=O) groups excluding carboxylic acids is 1. The molecule has 3 aromatic rings. The predicted molar refractivity (Wildman–Crippen MR) is 119 cm³/mol. The highest BCUT2D eigenvalue weighted by molar-refractivity contribution is 6.06. The first-order chi connectivity index (χ1) is 14.0. The number of aromatic nitrogens is 1. The molecule has 0 unspecified atom stereocenters. The molecule has 0 spiro atoms. The van der Waals surface area contributed by atoms with E-state index in [4.69, 9.17) is 0 Å². The molecule has 4 N–H and O–H groups in total. The van der Waals surface area contributed by atoms with Gasteiger partial charge in [-0.1, -0.05) is 46.8 Å². The van der Waals surface area contributed by atoms with Crippen molar-refractivity contribution in [2.45, 2.75) is 45.4 Å². The van der Waals surface area contributed by atoms with Crippen molar-refractivity contribution >= 4 is 22.5 Å². The smallest absolute Gasteiger partial charge is 0.261 e. The van der Waals surface area contributed by atoms with Crippen molar-refractivity contribution in [3.63, 3.8) is 0 Å². The molecular weight excluding hydrogens is 380 g/mol. The first-order valence-corrected chi connectivity index (χ1v) is 9.86. The number of aromatic amines is 1. The maximum Gasteiger partial charge on any atom is 0.261 e. The lowest BCUT2D eigenvalue weighted by molar-refractivity contribution is 0.102. The molecule has 1 amide bonds. The maximum absolute atomic E-state index is 13.0. The van der Waals surface area contributed by atoms with Gasteiger partial charge in [0, 0.05) is 39.8 Å². The summed E-state index contributed by atoms with van der Waals surface area (Å²) in [7, 11) is 0. The third-order valence-corrected chi connectivity index (χ3v) is 5.35. The number of phenolic OH excluding ortho intramolecular Hbond substituents is 1. The summed E-state index contributed by atoms with van der Waals surface area (Å²) >= 11 is 0. The number of fused-ring (bicyclic) bond motifs is 1. The summed E-state index contributed by atoms with van der Waals surface area (Å²) < 4.78 is 0. The number of para-hydroxylation sites is 1. The number of aliphatic hydroxyl groups is 1. The summed E-state index contributed by atoms with van der Waals surface area (Å²) in [5.41, 5.74) is 1.10. The minimum atomic E-state index is -0.651. The average Bonchev–Trinajstić information content (AvgIpc) is 2.67. The van der Waals surface area contributed by atoms with Crippen LogP contribution >= 0.6 is 0 Å². The van der Waals surface area contributed by atoms with Gasteiger partial charge in [0.2, 0.25) is 5.43 Å². The molecule has 0 saturated carbocycles. The number of hydrogen-bond donors (Lipinski definition) is 4. The van der Waals surface area contributed by atoms with E-state index >= 15 is 0 Å². The van der Waals surface area contributed by atoms with E-state index in [2.05, 4.69) is 10.3 Å². The Kier molecular flexibility index (Phi) is 5.48. The molecule has 0 aliphatic rings. The van der Waals surface area contributed by atoms with Crippen LogP contribution in [0, 0.1) is 0 Å². The average molecular weight is 408 g/mol. The Balaban J connectivity index is 2.08. The Morgan fingerprint density at radius 1 is 1.07 bits per heavy atom. The fraction of sp³-hybridized carbons (Fsp3) is 0.333. The Morgan fingerprint density at radius 3 is 2.37 bits per heavy atom. The molecular formula is C24H28N2O4. The molecule has 0 radical (unpaired) electrons. The number of nitrogens with one attached hydrogen (secondary N) is 2. The van der Waals surface area contributed by atoms with Crippen LogP contribution in [-0.4, -0.2) is 27.7 Å². The second-order valence-electron chi connectivity index (χ2n) is 9.24. The predicted octanol–water partition coefficient (Wildman–Crippen LogP) is 4.05. The maximum atomic E-state index is 13.0. The number of H-pyrrole nitrogens is 1. The van der Waals surface area contributed by atoms with Crippen molar-refractivity contribution in [3.05, 3.63) is 69.5 Å². The highest BCUT2D eigenvalue weighted by Gasteiger charge is 2.28. The standard InChI is InChI=1S/C24H28N2O4/c1-23(2,3)16-10-17(24(4,5)13-27)20(28)11-19(16)26-22(30)15-12-25-18-9-7-6-8-14(18)21(15)29/h6-12,27-28H,13H2,1-5H3,(H,25,29)(H,26,30). The van der Waals surface area contributed by atoms with Crippen molar-refractivity contribution in [3.8, 4) is 5.75 Å². The van der Waals surface area contributed by atoms with Crippen LogP contribution in [0.15, 0.2) is 47.4 Å². The molecule has 6 nitrogen and oxygen atoms in total. The minimum absolute atomic E-state index is 0.00665. The fourth-order valence-electron chi connectivity index (χ4n) is 3.47. The zero-order chi connectivity index (χ0) is 22.3. The molecule has 0 bridgehead atoms. The highest BCUT2D eigenvalue weighted by Crippen LogP contribution is 2.39. The van der Waals surface area contributed by atoms with Gasteiger partial charge in [0.25, 0.3) is 5.91 Å². The van der Waals surface area contributed by atoms with Gasteiger partial charge < -0.3 is 20.5 Å². The number of anilines is 1. The van der Waals surface area contributed by atoms with Crippen LogP contribution in [0.2, 0.25) is 0 Å². The van der Waals surface area contributed by atoms with Crippen molar-refractivity contribution in [2.75, 3.05) is 11.9 Å². The van der Waals surface area contributed by atoms with Gasteiger partial charge in [-0.2, -0.15) is 0 Å². The van der Waals surface area contributed by atoms with Gasteiger partial charge in [-0.15, -0.1) is 0 Å². The van der Waals surface area contributed by atoms with Gasteiger partial charge in [-0.3, -0.25) is 9.59 Å². The second-order valence-corrected chi connectivity index (χ2v) is 9.24. The zero-order valence-electron chi connectivity index (χ0n) is 18.0. The van der Waals surface area contributed by atoms with E-state index in [1.165, 1.54) is 12.3 Å². The third-order valence-electron chi connectivity index (χ3n) is 5.35. The van der Waals surface area contributed by atoms with Crippen LogP contribution in [-0.2, 0) is 10.8 Å². The quantitative estimate of drug-likeness (QED) is 0.523. The summed E-state index contributed by atoms with van der Waals surface area (Å²) in [6.45, 7) is 9.51. The number of hydrogen-bond acceptors (Lipinski definition) is 4. The number of carbonyl (C=O) groups is 1. The van der Waals surface area contributed by atoms with Crippen molar-refractivity contribution in [1.82, 2.24) is 4.98 Å². The van der Waals surface area contributed by atoms with Crippen LogP contribution in [0.5, 0.6) is 5.75 Å². The summed E-state index contributed by atoms with van der Waals surface area (Å²) in [6, 6.07) is 10.3. The van der Waals surface area contributed by atoms with Gasteiger partial charge in [-0.25, -0.2) is 0 Å². The van der Waals surface area contributed by atoms with Gasteiger partial charge in [0.1, 0.15) is 11.3 Å². The first-order valence-electron chi connectivity index (χ1n) is 9.86. The molecule has 0 fully saturated rings. The number of pyridine rings is 1. The number of benzene rings is 2. The van der Waals surface area contributed by atoms with Gasteiger partial charge in [0.15, 0.2) is 0 Å². The summed E-state index contributed by atoms with van der Waals surface area (Å²) in [5, 5.41) is 23.6. The minimum Gasteiger partial charge on any atom is -0.508 e. The van der Waals surface area contributed by atoms with E-state index in [0.717, 1.165) is 5.56 Å². The van der Waals surface area contributed by atoms with E-state index in [1.807, 2.05) is 46.8 Å². The molecule has 3 rings (SSSR count). The van der Waals surface area contributed by atoms with E-state index in [0.29, 0.717) is 22.2 Å². The van der Waals surface area contributed by atoms with Crippen LogP contribution in [0.1, 0.15) is 56.1 Å². The van der Waals surface area contributed by atoms with Crippen molar-refractivity contribution in [2.24, 2.45) is 0 Å². The van der Waals surface area contributed by atoms with Crippen molar-refractivity contribution in [1.29, 1.82) is 0 Å². The van der Waals surface area contributed by atoms with Crippen molar-refractivity contribution < 1.29 is 15.0 Å². The lowest BCUT2D eigenvalue weighted by Crippen LogP contribution is -2.26. The van der Waals surface area contributed by atoms with Gasteiger partial charge in [0.05, 0.1) is 6.61 Å².